The number of piperazine rings is 1. The molecule has 6 nitrogen and oxygen atoms in total. The third-order valence-electron chi connectivity index (χ3n) is 4.98. The highest BCUT2D eigenvalue weighted by atomic mass is 35.5. The molecule has 1 aliphatic heterocycles. The van der Waals surface area contributed by atoms with E-state index in [2.05, 4.69) is 0 Å². The second-order valence-corrected chi connectivity index (χ2v) is 9.29. The van der Waals surface area contributed by atoms with Crippen LogP contribution < -0.4 is 4.74 Å². The second kappa shape index (κ2) is 9.51. The summed E-state index contributed by atoms with van der Waals surface area (Å²) in [5.41, 5.74) is -0.497. The molecule has 2 aromatic rings. The van der Waals surface area contributed by atoms with Gasteiger partial charge in [-0.15, -0.1) is 0 Å². The highest BCUT2D eigenvalue weighted by Gasteiger charge is 2.36. The Labute approximate surface area is 188 Å². The van der Waals surface area contributed by atoms with Gasteiger partial charge in [-0.1, -0.05) is 29.8 Å². The monoisotopic (exact) mass is 488 g/mol. The number of hydrogen-bond donors (Lipinski definition) is 0. The number of methoxy groups -OCH3 is 1. The number of rotatable bonds is 5. The van der Waals surface area contributed by atoms with Crippen LogP contribution in [0.1, 0.15) is 11.1 Å². The van der Waals surface area contributed by atoms with Crippen molar-refractivity contribution in [3.8, 4) is 5.75 Å². The van der Waals surface area contributed by atoms with Crippen LogP contribution >= 0.6 is 11.6 Å². The number of sulfonamides is 1. The van der Waals surface area contributed by atoms with Crippen LogP contribution in [-0.4, -0.2) is 56.8 Å². The van der Waals surface area contributed by atoms with Gasteiger partial charge in [-0.25, -0.2) is 8.42 Å². The largest absolute Gasteiger partial charge is 0.496 e. The average molecular weight is 489 g/mol. The molecule has 0 radical (unpaired) electrons. The number of amides is 1. The fraction of sp³-hybridized carbons (Fsp3) is 0.286. The van der Waals surface area contributed by atoms with Crippen molar-refractivity contribution in [2.45, 2.75) is 11.1 Å². The van der Waals surface area contributed by atoms with Crippen molar-refractivity contribution >= 4 is 33.6 Å². The Morgan fingerprint density at radius 1 is 1.09 bits per heavy atom. The molecule has 2 aromatic carbocycles. The lowest BCUT2D eigenvalue weighted by molar-refractivity contribution is -0.137. The minimum atomic E-state index is -4.78. The predicted octanol–water partition coefficient (Wildman–Crippen LogP) is 3.91. The van der Waals surface area contributed by atoms with Crippen LogP contribution in [0.25, 0.3) is 6.08 Å². The molecule has 1 fully saturated rings. The number of alkyl halides is 3. The Kier molecular flexibility index (Phi) is 7.16. The van der Waals surface area contributed by atoms with Crippen LogP contribution in [0.4, 0.5) is 13.2 Å². The van der Waals surface area contributed by atoms with Gasteiger partial charge in [0.15, 0.2) is 0 Å². The molecule has 32 heavy (non-hydrogen) atoms. The zero-order valence-corrected chi connectivity index (χ0v) is 18.5. The smallest absolute Gasteiger partial charge is 0.417 e. The first-order valence-corrected chi connectivity index (χ1v) is 11.3. The highest BCUT2D eigenvalue weighted by molar-refractivity contribution is 7.89. The normalized spacial score (nSPS) is 15.8. The molecular weight excluding hydrogens is 469 g/mol. The Bertz CT molecular complexity index is 1130. The summed E-state index contributed by atoms with van der Waals surface area (Å²) in [6.07, 6.45) is -1.80. The summed E-state index contributed by atoms with van der Waals surface area (Å²) in [6.45, 7) is 0.128. The number of carbonyl (C=O) groups excluding carboxylic acids is 1. The van der Waals surface area contributed by atoms with E-state index in [1.807, 2.05) is 0 Å². The zero-order valence-electron chi connectivity index (χ0n) is 17.0. The number of nitrogens with zero attached hydrogens (tertiary/aromatic N) is 2. The Morgan fingerprint density at radius 3 is 2.38 bits per heavy atom. The van der Waals surface area contributed by atoms with Gasteiger partial charge in [-0.2, -0.15) is 17.5 Å². The Hall–Kier alpha value is -2.56. The Morgan fingerprint density at radius 2 is 1.75 bits per heavy atom. The lowest BCUT2D eigenvalue weighted by atomic mass is 10.2. The van der Waals surface area contributed by atoms with Gasteiger partial charge < -0.3 is 9.64 Å². The standard InChI is InChI=1S/C21H20ClF3N2O4S/c1-31-19-5-3-2-4-15(19)6-9-20(28)26-10-12-27(13-11-26)32(29,30)16-7-8-18(22)17(14-16)21(23,24)25/h2-9,14H,10-13H2,1H3/b9-6+. The average Bonchev–Trinajstić information content (AvgIpc) is 2.77. The summed E-state index contributed by atoms with van der Waals surface area (Å²) < 4.78 is 71.2. The van der Waals surface area contributed by atoms with Gasteiger partial charge in [-0.3, -0.25) is 4.79 Å². The van der Waals surface area contributed by atoms with Crippen molar-refractivity contribution in [3.05, 3.63) is 64.7 Å². The number of benzene rings is 2. The van der Waals surface area contributed by atoms with Crippen LogP contribution in [-0.2, 0) is 21.0 Å². The fourth-order valence-electron chi connectivity index (χ4n) is 3.25. The maximum Gasteiger partial charge on any atom is 0.417 e. The highest BCUT2D eigenvalue weighted by Crippen LogP contribution is 2.36. The zero-order chi connectivity index (χ0) is 23.5. The van der Waals surface area contributed by atoms with E-state index in [0.29, 0.717) is 17.4 Å². The quantitative estimate of drug-likeness (QED) is 0.598. The van der Waals surface area contributed by atoms with E-state index in [1.54, 1.807) is 30.3 Å². The van der Waals surface area contributed by atoms with Crippen LogP contribution in [0.5, 0.6) is 5.75 Å². The third-order valence-corrected chi connectivity index (χ3v) is 7.20. The van der Waals surface area contributed by atoms with Crippen molar-refractivity contribution in [1.82, 2.24) is 9.21 Å². The molecule has 172 valence electrons. The minimum absolute atomic E-state index is 0.0411. The molecule has 1 amide bonds. The van der Waals surface area contributed by atoms with E-state index < -0.39 is 31.7 Å². The van der Waals surface area contributed by atoms with Crippen molar-refractivity contribution in [1.29, 1.82) is 0 Å². The van der Waals surface area contributed by atoms with Gasteiger partial charge in [-0.05, 0) is 30.3 Å². The van der Waals surface area contributed by atoms with E-state index in [1.165, 1.54) is 18.1 Å². The number of carbonyl (C=O) groups is 1. The van der Waals surface area contributed by atoms with Gasteiger partial charge in [0.2, 0.25) is 15.9 Å². The van der Waals surface area contributed by atoms with Crippen LogP contribution in [0.3, 0.4) is 0 Å². The summed E-state index contributed by atoms with van der Waals surface area (Å²) in [5, 5.41) is -0.575. The molecule has 0 saturated carbocycles. The molecule has 11 heteroatoms. The van der Waals surface area contributed by atoms with Gasteiger partial charge in [0.25, 0.3) is 0 Å². The maximum atomic E-state index is 13.1. The van der Waals surface area contributed by atoms with Crippen LogP contribution in [0, 0.1) is 0 Å². The molecule has 0 spiro atoms. The number of halogens is 4. The first kappa shape index (κ1) is 24.1. The molecule has 0 atom stereocenters. The van der Waals surface area contributed by atoms with Gasteiger partial charge >= 0.3 is 6.18 Å². The molecule has 0 bridgehead atoms. The third kappa shape index (κ3) is 5.25. The topological polar surface area (TPSA) is 66.9 Å². The Balaban J connectivity index is 1.69. The van der Waals surface area contributed by atoms with Crippen molar-refractivity contribution in [2.24, 2.45) is 0 Å². The van der Waals surface area contributed by atoms with Gasteiger partial charge in [0, 0.05) is 37.8 Å². The number of para-hydroxylation sites is 1. The number of hydrogen-bond acceptors (Lipinski definition) is 4. The van der Waals surface area contributed by atoms with Crippen LogP contribution in [0.15, 0.2) is 53.4 Å². The predicted molar refractivity (Wildman–Crippen MR) is 114 cm³/mol. The van der Waals surface area contributed by atoms with Gasteiger partial charge in [0.1, 0.15) is 5.75 Å². The molecule has 1 aliphatic rings. The maximum absolute atomic E-state index is 13.1. The lowest BCUT2D eigenvalue weighted by Gasteiger charge is -2.33. The van der Waals surface area contributed by atoms with Gasteiger partial charge in [0.05, 0.1) is 22.6 Å². The fourth-order valence-corrected chi connectivity index (χ4v) is 4.92. The lowest BCUT2D eigenvalue weighted by Crippen LogP contribution is -2.50. The van der Waals surface area contributed by atoms with E-state index in [0.717, 1.165) is 16.4 Å². The summed E-state index contributed by atoms with van der Waals surface area (Å²) in [5.74, 6) is 0.299. The van der Waals surface area contributed by atoms with Crippen molar-refractivity contribution in [2.75, 3.05) is 33.3 Å². The number of ether oxygens (including phenoxy) is 1. The molecule has 0 aliphatic carbocycles. The first-order valence-electron chi connectivity index (χ1n) is 9.51. The molecule has 0 unspecified atom stereocenters. The molecule has 1 heterocycles. The summed E-state index contributed by atoms with van der Waals surface area (Å²) in [7, 11) is -2.65. The second-order valence-electron chi connectivity index (χ2n) is 6.94. The first-order chi connectivity index (χ1) is 15.0. The van der Waals surface area contributed by atoms with E-state index in [9.17, 15) is 26.4 Å². The van der Waals surface area contributed by atoms with Crippen molar-refractivity contribution in [3.63, 3.8) is 0 Å². The molecular formula is C21H20ClF3N2O4S. The molecule has 0 aromatic heterocycles. The molecule has 1 saturated heterocycles. The molecule has 3 rings (SSSR count). The van der Waals surface area contributed by atoms with E-state index in [-0.39, 0.29) is 32.1 Å². The van der Waals surface area contributed by atoms with E-state index >= 15 is 0 Å². The molecule has 0 N–H and O–H groups in total. The SMILES string of the molecule is COc1ccccc1/C=C/C(=O)N1CCN(S(=O)(=O)c2ccc(Cl)c(C(F)(F)F)c2)CC1. The summed E-state index contributed by atoms with van der Waals surface area (Å²) in [6, 6.07) is 9.64. The van der Waals surface area contributed by atoms with E-state index in [4.69, 9.17) is 16.3 Å². The van der Waals surface area contributed by atoms with Crippen molar-refractivity contribution < 1.29 is 31.1 Å². The van der Waals surface area contributed by atoms with Crippen LogP contribution in [0.2, 0.25) is 5.02 Å². The summed E-state index contributed by atoms with van der Waals surface area (Å²) in [4.78, 5) is 13.5. The summed E-state index contributed by atoms with van der Waals surface area (Å²) >= 11 is 5.58. The minimum Gasteiger partial charge on any atom is -0.496 e.